The van der Waals surface area contributed by atoms with Crippen molar-refractivity contribution in [3.63, 3.8) is 0 Å². The van der Waals surface area contributed by atoms with E-state index in [4.69, 9.17) is 0 Å². The molecule has 1 aromatic carbocycles. The van der Waals surface area contributed by atoms with Gasteiger partial charge in [-0.05, 0) is 18.7 Å². The van der Waals surface area contributed by atoms with Crippen LogP contribution in [0.4, 0.5) is 5.69 Å². The van der Waals surface area contributed by atoms with Crippen molar-refractivity contribution in [1.29, 1.82) is 0 Å². The maximum atomic E-state index is 4.37. The predicted octanol–water partition coefficient (Wildman–Crippen LogP) is 1.83. The van der Waals surface area contributed by atoms with Crippen molar-refractivity contribution in [2.75, 3.05) is 13.6 Å². The summed E-state index contributed by atoms with van der Waals surface area (Å²) in [6.45, 7) is 1.94. The molecule has 0 atom stereocenters. The van der Waals surface area contributed by atoms with Gasteiger partial charge in [0.05, 0.1) is 5.69 Å². The topological polar surface area (TPSA) is 15.6 Å². The van der Waals surface area contributed by atoms with Gasteiger partial charge in [0.25, 0.3) is 0 Å². The average molecular weight is 160 g/mol. The summed E-state index contributed by atoms with van der Waals surface area (Å²) < 4.78 is 0. The van der Waals surface area contributed by atoms with Crippen LogP contribution in [-0.2, 0) is 6.54 Å². The molecule has 1 aromatic rings. The standard InChI is InChI=1S/C10H12N2/c1-12-7-6-11-10-5-3-2-4-9(10)8-12/h2-6H,7-8H2,1H3. The molecule has 0 spiro atoms. The van der Waals surface area contributed by atoms with Crippen LogP contribution in [0.5, 0.6) is 0 Å². The van der Waals surface area contributed by atoms with Crippen molar-refractivity contribution in [3.05, 3.63) is 29.8 Å². The molecule has 0 amide bonds. The molecule has 0 saturated heterocycles. The van der Waals surface area contributed by atoms with Gasteiger partial charge in [0.1, 0.15) is 0 Å². The summed E-state index contributed by atoms with van der Waals surface area (Å²) in [4.78, 5) is 6.62. The van der Waals surface area contributed by atoms with Gasteiger partial charge in [0, 0.05) is 19.3 Å². The number of nitrogens with zero attached hydrogens (tertiary/aromatic N) is 2. The minimum Gasteiger partial charge on any atom is -0.297 e. The molecule has 2 heteroatoms. The molecular formula is C10H12N2. The summed E-state index contributed by atoms with van der Waals surface area (Å²) >= 11 is 0. The molecular weight excluding hydrogens is 148 g/mol. The highest BCUT2D eigenvalue weighted by Gasteiger charge is 2.06. The Morgan fingerprint density at radius 1 is 1.33 bits per heavy atom. The summed E-state index contributed by atoms with van der Waals surface area (Å²) in [5, 5.41) is 0. The number of hydrogen-bond donors (Lipinski definition) is 0. The molecule has 0 aromatic heterocycles. The summed E-state index contributed by atoms with van der Waals surface area (Å²) in [6.07, 6.45) is 1.96. The van der Waals surface area contributed by atoms with Crippen LogP contribution in [0.15, 0.2) is 29.3 Å². The zero-order valence-corrected chi connectivity index (χ0v) is 7.20. The van der Waals surface area contributed by atoms with Gasteiger partial charge in [0.2, 0.25) is 0 Å². The monoisotopic (exact) mass is 160 g/mol. The van der Waals surface area contributed by atoms with Gasteiger partial charge in [-0.1, -0.05) is 18.2 Å². The maximum Gasteiger partial charge on any atom is 0.0671 e. The molecule has 12 heavy (non-hydrogen) atoms. The molecule has 0 aliphatic carbocycles. The molecule has 2 nitrogen and oxygen atoms in total. The third-order valence-electron chi connectivity index (χ3n) is 2.06. The second-order valence-corrected chi connectivity index (χ2v) is 3.14. The Bertz CT molecular complexity index is 304. The van der Waals surface area contributed by atoms with E-state index in [2.05, 4.69) is 35.1 Å². The van der Waals surface area contributed by atoms with E-state index in [1.165, 1.54) is 5.56 Å². The van der Waals surface area contributed by atoms with Crippen LogP contribution in [0.25, 0.3) is 0 Å². The lowest BCUT2D eigenvalue weighted by molar-refractivity contribution is 0.380. The number of rotatable bonds is 0. The largest absolute Gasteiger partial charge is 0.297 e. The highest BCUT2D eigenvalue weighted by Crippen LogP contribution is 2.20. The highest BCUT2D eigenvalue weighted by molar-refractivity contribution is 5.67. The van der Waals surface area contributed by atoms with Crippen LogP contribution < -0.4 is 0 Å². The second kappa shape index (κ2) is 3.07. The maximum absolute atomic E-state index is 4.37. The zero-order valence-electron chi connectivity index (χ0n) is 7.20. The van der Waals surface area contributed by atoms with Crippen LogP contribution in [0.3, 0.4) is 0 Å². The Hall–Kier alpha value is -1.15. The Labute approximate surface area is 72.5 Å². The average Bonchev–Trinajstić information content (AvgIpc) is 2.25. The van der Waals surface area contributed by atoms with Crippen LogP contribution in [0.1, 0.15) is 5.56 Å². The fraction of sp³-hybridized carbons (Fsp3) is 0.300. The third-order valence-corrected chi connectivity index (χ3v) is 2.06. The molecule has 1 heterocycles. The molecule has 1 aliphatic rings. The van der Waals surface area contributed by atoms with E-state index in [-0.39, 0.29) is 0 Å². The second-order valence-electron chi connectivity index (χ2n) is 3.14. The number of fused-ring (bicyclic) bond motifs is 1. The Balaban J connectivity index is 2.41. The quantitative estimate of drug-likeness (QED) is 0.565. The fourth-order valence-electron chi connectivity index (χ4n) is 1.40. The lowest BCUT2D eigenvalue weighted by Crippen LogP contribution is -2.18. The van der Waals surface area contributed by atoms with Crippen molar-refractivity contribution < 1.29 is 0 Å². The van der Waals surface area contributed by atoms with Gasteiger partial charge in [-0.15, -0.1) is 0 Å². The van der Waals surface area contributed by atoms with E-state index < -0.39 is 0 Å². The summed E-state index contributed by atoms with van der Waals surface area (Å²) in [6, 6.07) is 8.29. The van der Waals surface area contributed by atoms with E-state index in [0.29, 0.717) is 0 Å². The first-order valence-corrected chi connectivity index (χ1v) is 4.15. The molecule has 0 saturated carbocycles. The number of benzene rings is 1. The predicted molar refractivity (Wildman–Crippen MR) is 50.9 cm³/mol. The molecule has 0 unspecified atom stereocenters. The first-order chi connectivity index (χ1) is 5.86. The fourth-order valence-corrected chi connectivity index (χ4v) is 1.40. The van der Waals surface area contributed by atoms with E-state index in [9.17, 15) is 0 Å². The lowest BCUT2D eigenvalue weighted by Gasteiger charge is -2.11. The minimum absolute atomic E-state index is 0.939. The van der Waals surface area contributed by atoms with Gasteiger partial charge >= 0.3 is 0 Å². The van der Waals surface area contributed by atoms with Gasteiger partial charge in [-0.2, -0.15) is 0 Å². The van der Waals surface area contributed by atoms with Crippen molar-refractivity contribution in [2.45, 2.75) is 6.54 Å². The van der Waals surface area contributed by atoms with E-state index >= 15 is 0 Å². The van der Waals surface area contributed by atoms with E-state index in [1.807, 2.05) is 12.3 Å². The van der Waals surface area contributed by atoms with Gasteiger partial charge in [-0.3, -0.25) is 9.89 Å². The minimum atomic E-state index is 0.939. The van der Waals surface area contributed by atoms with E-state index in [1.54, 1.807) is 0 Å². The smallest absolute Gasteiger partial charge is 0.0671 e. The van der Waals surface area contributed by atoms with Crippen LogP contribution in [0, 0.1) is 0 Å². The third kappa shape index (κ3) is 1.38. The normalized spacial score (nSPS) is 17.1. The number of aliphatic imine (C=N–C) groups is 1. The molecule has 0 fully saturated rings. The first kappa shape index (κ1) is 7.50. The van der Waals surface area contributed by atoms with Crippen molar-refractivity contribution in [3.8, 4) is 0 Å². The molecule has 0 radical (unpaired) electrons. The Morgan fingerprint density at radius 2 is 2.17 bits per heavy atom. The molecule has 1 aliphatic heterocycles. The van der Waals surface area contributed by atoms with Gasteiger partial charge < -0.3 is 0 Å². The van der Waals surface area contributed by atoms with Gasteiger partial charge in [0.15, 0.2) is 0 Å². The highest BCUT2D eigenvalue weighted by atomic mass is 15.1. The molecule has 2 rings (SSSR count). The molecule has 0 bridgehead atoms. The summed E-state index contributed by atoms with van der Waals surface area (Å²) in [5.74, 6) is 0. The van der Waals surface area contributed by atoms with Crippen LogP contribution >= 0.6 is 0 Å². The molecule has 0 N–H and O–H groups in total. The van der Waals surface area contributed by atoms with Crippen LogP contribution in [-0.4, -0.2) is 24.7 Å². The lowest BCUT2D eigenvalue weighted by atomic mass is 10.2. The number of para-hydroxylation sites is 1. The van der Waals surface area contributed by atoms with Gasteiger partial charge in [-0.25, -0.2) is 0 Å². The summed E-state index contributed by atoms with van der Waals surface area (Å²) in [7, 11) is 2.11. The van der Waals surface area contributed by atoms with Crippen molar-refractivity contribution in [1.82, 2.24) is 4.90 Å². The summed E-state index contributed by atoms with van der Waals surface area (Å²) in [5.41, 5.74) is 2.43. The zero-order chi connectivity index (χ0) is 8.39. The SMILES string of the molecule is CN1CC=Nc2ccccc2C1. The molecule has 62 valence electrons. The first-order valence-electron chi connectivity index (χ1n) is 4.15. The Morgan fingerprint density at radius 3 is 3.08 bits per heavy atom. The van der Waals surface area contributed by atoms with E-state index in [0.717, 1.165) is 18.8 Å². The van der Waals surface area contributed by atoms with Crippen LogP contribution in [0.2, 0.25) is 0 Å². The Kier molecular flexibility index (Phi) is 1.92. The van der Waals surface area contributed by atoms with Crippen molar-refractivity contribution >= 4 is 11.9 Å². The number of hydrogen-bond acceptors (Lipinski definition) is 2. The van der Waals surface area contributed by atoms with Crippen molar-refractivity contribution in [2.24, 2.45) is 4.99 Å².